The maximum atomic E-state index is 13.1. The van der Waals surface area contributed by atoms with Crippen molar-refractivity contribution in [1.82, 2.24) is 19.5 Å². The second kappa shape index (κ2) is 9.21. The molecular weight excluding hydrogens is 475 g/mol. The standard InChI is InChI=1S/C24H22Cl2N6O2/c1-32-22-13(10-15(23(32)33)21-16(25)4-2-5-17(21)26)11-29-24(31-22)30-20-9-8-14(12-28-20)34-19-7-3-6-18(19)27/h2,4-5,8-12,18-19H,3,6-7,27H2,1H3,(H,28,29,30,31)/t18-,19+/m1/s1. The Hall–Kier alpha value is -3.20. The van der Waals surface area contributed by atoms with Gasteiger partial charge in [-0.15, -0.1) is 0 Å². The van der Waals surface area contributed by atoms with Crippen molar-refractivity contribution in [3.8, 4) is 16.9 Å². The lowest BCUT2D eigenvalue weighted by Gasteiger charge is -2.17. The van der Waals surface area contributed by atoms with Crippen molar-refractivity contribution in [2.75, 3.05) is 5.32 Å². The molecule has 0 aliphatic heterocycles. The van der Waals surface area contributed by atoms with Crippen LogP contribution in [-0.2, 0) is 7.05 Å². The molecule has 174 valence electrons. The first-order valence-corrected chi connectivity index (χ1v) is 11.6. The number of nitrogens with one attached hydrogen (secondary N) is 1. The van der Waals surface area contributed by atoms with E-state index in [4.69, 9.17) is 33.7 Å². The second-order valence-electron chi connectivity index (χ2n) is 8.25. The Morgan fingerprint density at radius 3 is 2.59 bits per heavy atom. The van der Waals surface area contributed by atoms with Crippen LogP contribution in [0.25, 0.3) is 22.2 Å². The van der Waals surface area contributed by atoms with Gasteiger partial charge in [0.05, 0.1) is 21.8 Å². The Morgan fingerprint density at radius 1 is 1.12 bits per heavy atom. The van der Waals surface area contributed by atoms with Crippen molar-refractivity contribution in [3.63, 3.8) is 0 Å². The van der Waals surface area contributed by atoms with E-state index in [1.165, 1.54) is 4.57 Å². The minimum absolute atomic E-state index is 0.0243. The third-order valence-electron chi connectivity index (χ3n) is 5.95. The first-order chi connectivity index (χ1) is 16.4. The zero-order chi connectivity index (χ0) is 23.8. The summed E-state index contributed by atoms with van der Waals surface area (Å²) in [7, 11) is 1.65. The fourth-order valence-electron chi connectivity index (χ4n) is 4.16. The Morgan fingerprint density at radius 2 is 1.91 bits per heavy atom. The molecule has 3 heterocycles. The molecular formula is C24H22Cl2N6O2. The van der Waals surface area contributed by atoms with E-state index in [9.17, 15) is 4.79 Å². The first-order valence-electron chi connectivity index (χ1n) is 10.9. The molecule has 3 N–H and O–H groups in total. The molecule has 3 aromatic heterocycles. The Bertz CT molecular complexity index is 1400. The van der Waals surface area contributed by atoms with Gasteiger partial charge in [-0.05, 0) is 49.6 Å². The molecule has 1 fully saturated rings. The van der Waals surface area contributed by atoms with Gasteiger partial charge < -0.3 is 15.8 Å². The minimum Gasteiger partial charge on any atom is -0.487 e. The molecule has 4 aromatic rings. The fourth-order valence-corrected chi connectivity index (χ4v) is 4.76. The maximum absolute atomic E-state index is 13.1. The van der Waals surface area contributed by atoms with Crippen LogP contribution < -0.4 is 21.3 Å². The SMILES string of the molecule is Cn1c(=O)c(-c2c(Cl)cccc2Cl)cc2cnc(Nc3ccc(O[C@H]4CCC[C@H]4N)cn3)nc21. The minimum atomic E-state index is -0.267. The molecule has 8 nitrogen and oxygen atoms in total. The molecule has 0 spiro atoms. The third-order valence-corrected chi connectivity index (χ3v) is 6.58. The number of halogens is 2. The lowest BCUT2D eigenvalue weighted by molar-refractivity contribution is 0.191. The molecule has 10 heteroatoms. The van der Waals surface area contributed by atoms with Crippen LogP contribution in [0.4, 0.5) is 11.8 Å². The van der Waals surface area contributed by atoms with E-state index in [1.54, 1.807) is 49.8 Å². The van der Waals surface area contributed by atoms with E-state index in [0.717, 1.165) is 19.3 Å². The number of rotatable bonds is 5. The van der Waals surface area contributed by atoms with Gasteiger partial charge in [0.25, 0.3) is 5.56 Å². The van der Waals surface area contributed by atoms with Crippen molar-refractivity contribution < 1.29 is 4.74 Å². The van der Waals surface area contributed by atoms with E-state index in [1.807, 2.05) is 6.07 Å². The summed E-state index contributed by atoms with van der Waals surface area (Å²) in [6, 6.07) is 10.5. The van der Waals surface area contributed by atoms with Gasteiger partial charge in [-0.25, -0.2) is 9.97 Å². The van der Waals surface area contributed by atoms with Crippen LogP contribution in [0.15, 0.2) is 53.6 Å². The summed E-state index contributed by atoms with van der Waals surface area (Å²) in [4.78, 5) is 26.4. The first kappa shape index (κ1) is 22.6. The molecule has 1 aliphatic carbocycles. The van der Waals surface area contributed by atoms with Crippen LogP contribution in [0.3, 0.4) is 0 Å². The van der Waals surface area contributed by atoms with Crippen LogP contribution in [0.1, 0.15) is 19.3 Å². The molecule has 0 unspecified atom stereocenters. The van der Waals surface area contributed by atoms with E-state index in [-0.39, 0.29) is 17.7 Å². The molecule has 0 amide bonds. The predicted molar refractivity (Wildman–Crippen MR) is 134 cm³/mol. The molecule has 0 radical (unpaired) electrons. The Labute approximate surface area is 205 Å². The number of hydrogen-bond donors (Lipinski definition) is 2. The molecule has 0 bridgehead atoms. The molecule has 5 rings (SSSR count). The summed E-state index contributed by atoms with van der Waals surface area (Å²) in [6.07, 6.45) is 6.31. The average Bonchev–Trinajstić information content (AvgIpc) is 3.23. The fraction of sp³-hybridized carbons (Fsp3) is 0.250. The molecule has 1 aliphatic rings. The van der Waals surface area contributed by atoms with Crippen LogP contribution in [0.5, 0.6) is 5.75 Å². The molecule has 34 heavy (non-hydrogen) atoms. The summed E-state index contributed by atoms with van der Waals surface area (Å²) < 4.78 is 7.39. The predicted octanol–water partition coefficient (Wildman–Crippen LogP) is 4.70. The third kappa shape index (κ3) is 4.32. The lowest BCUT2D eigenvalue weighted by atomic mass is 10.1. The monoisotopic (exact) mass is 496 g/mol. The Kier molecular flexibility index (Phi) is 6.12. The molecule has 1 saturated carbocycles. The van der Waals surface area contributed by atoms with Gasteiger partial charge in [0.1, 0.15) is 23.3 Å². The van der Waals surface area contributed by atoms with Gasteiger partial charge in [-0.2, -0.15) is 4.98 Å². The van der Waals surface area contributed by atoms with Crippen molar-refractivity contribution in [2.24, 2.45) is 12.8 Å². The van der Waals surface area contributed by atoms with Crippen molar-refractivity contribution in [3.05, 3.63) is 69.2 Å². The highest BCUT2D eigenvalue weighted by Gasteiger charge is 2.25. The number of hydrogen-bond acceptors (Lipinski definition) is 7. The molecule has 1 aromatic carbocycles. The van der Waals surface area contributed by atoms with Crippen molar-refractivity contribution in [1.29, 1.82) is 0 Å². The summed E-state index contributed by atoms with van der Waals surface area (Å²) >= 11 is 12.6. The smallest absolute Gasteiger partial charge is 0.259 e. The normalized spacial score (nSPS) is 17.8. The maximum Gasteiger partial charge on any atom is 0.259 e. The average molecular weight is 497 g/mol. The quantitative estimate of drug-likeness (QED) is 0.412. The number of pyridine rings is 2. The summed E-state index contributed by atoms with van der Waals surface area (Å²) in [5, 5.41) is 4.53. The van der Waals surface area contributed by atoms with Crippen LogP contribution >= 0.6 is 23.2 Å². The summed E-state index contributed by atoms with van der Waals surface area (Å²) in [6.45, 7) is 0. The summed E-state index contributed by atoms with van der Waals surface area (Å²) in [5.74, 6) is 1.53. The highest BCUT2D eigenvalue weighted by Crippen LogP contribution is 2.33. The van der Waals surface area contributed by atoms with E-state index in [0.29, 0.717) is 49.7 Å². The van der Waals surface area contributed by atoms with Gasteiger partial charge >= 0.3 is 0 Å². The number of fused-ring (bicyclic) bond motifs is 1. The molecule has 2 atom stereocenters. The summed E-state index contributed by atoms with van der Waals surface area (Å²) in [5.41, 5.74) is 7.14. The van der Waals surface area contributed by atoms with Gasteiger partial charge in [-0.1, -0.05) is 29.3 Å². The topological polar surface area (TPSA) is 108 Å². The number of nitrogens with two attached hydrogens (primary N) is 1. The number of benzene rings is 1. The number of aromatic nitrogens is 4. The highest BCUT2D eigenvalue weighted by molar-refractivity contribution is 6.39. The van der Waals surface area contributed by atoms with E-state index < -0.39 is 0 Å². The van der Waals surface area contributed by atoms with Gasteiger partial charge in [0.2, 0.25) is 5.95 Å². The van der Waals surface area contributed by atoms with Crippen molar-refractivity contribution >= 4 is 46.0 Å². The van der Waals surface area contributed by atoms with Gasteiger partial charge in [0.15, 0.2) is 0 Å². The van der Waals surface area contributed by atoms with Crippen LogP contribution in [0, 0.1) is 0 Å². The van der Waals surface area contributed by atoms with Crippen LogP contribution in [-0.4, -0.2) is 31.7 Å². The Balaban J connectivity index is 1.41. The van der Waals surface area contributed by atoms with Crippen LogP contribution in [0.2, 0.25) is 10.0 Å². The number of nitrogens with zero attached hydrogens (tertiary/aromatic N) is 4. The molecule has 0 saturated heterocycles. The number of aryl methyl sites for hydroxylation is 1. The second-order valence-corrected chi connectivity index (χ2v) is 9.06. The zero-order valence-corrected chi connectivity index (χ0v) is 19.8. The van der Waals surface area contributed by atoms with E-state index >= 15 is 0 Å². The number of anilines is 2. The number of ether oxygens (including phenoxy) is 1. The highest BCUT2D eigenvalue weighted by atomic mass is 35.5. The lowest BCUT2D eigenvalue weighted by Crippen LogP contribution is -2.33. The largest absolute Gasteiger partial charge is 0.487 e. The van der Waals surface area contributed by atoms with E-state index in [2.05, 4.69) is 20.3 Å². The zero-order valence-electron chi connectivity index (χ0n) is 18.3. The van der Waals surface area contributed by atoms with Crippen molar-refractivity contribution in [2.45, 2.75) is 31.4 Å². The van der Waals surface area contributed by atoms with Gasteiger partial charge in [-0.3, -0.25) is 9.36 Å². The van der Waals surface area contributed by atoms with Gasteiger partial charge in [0, 0.05) is 30.2 Å².